The molecule has 0 heterocycles. The van der Waals surface area contributed by atoms with Crippen LogP contribution in [0.5, 0.6) is 0 Å². The second kappa shape index (κ2) is 9.64. The fourth-order valence-electron chi connectivity index (χ4n) is 1.73. The van der Waals surface area contributed by atoms with E-state index in [-0.39, 0.29) is 5.91 Å². The minimum atomic E-state index is -0.562. The van der Waals surface area contributed by atoms with Gasteiger partial charge in [0.2, 0.25) is 5.91 Å². The van der Waals surface area contributed by atoms with E-state index in [1.807, 2.05) is 0 Å². The Balaban J connectivity index is 4.42. The van der Waals surface area contributed by atoms with E-state index in [9.17, 15) is 9.59 Å². The minimum Gasteiger partial charge on any atom is -0.444 e. The third-order valence-electron chi connectivity index (χ3n) is 2.87. The molecule has 0 saturated heterocycles. The molecule has 0 aromatic carbocycles. The van der Waals surface area contributed by atoms with E-state index in [1.165, 1.54) is 0 Å². The molecule has 2 amide bonds. The average Bonchev–Trinajstić information content (AvgIpc) is 2.31. The number of carbonyl (C=O) groups excluding carboxylic acids is 2. The van der Waals surface area contributed by atoms with E-state index in [4.69, 9.17) is 4.74 Å². The van der Waals surface area contributed by atoms with Gasteiger partial charge in [-0.3, -0.25) is 4.79 Å². The first kappa shape index (κ1) is 19.7. The molecule has 0 saturated carbocycles. The molecule has 5 nitrogen and oxygen atoms in total. The van der Waals surface area contributed by atoms with Crippen LogP contribution in [0.25, 0.3) is 0 Å². The Morgan fingerprint density at radius 1 is 1.14 bits per heavy atom. The Bertz CT molecular complexity index is 322. The number of alkyl carbamates (subject to hydrolysis) is 1. The second-order valence-electron chi connectivity index (χ2n) is 6.81. The van der Waals surface area contributed by atoms with Crippen molar-refractivity contribution < 1.29 is 14.3 Å². The number of nitrogens with one attached hydrogen (secondary N) is 2. The van der Waals surface area contributed by atoms with Gasteiger partial charge in [-0.1, -0.05) is 33.6 Å². The Morgan fingerprint density at radius 2 is 1.76 bits per heavy atom. The molecule has 1 atom stereocenters. The van der Waals surface area contributed by atoms with E-state index >= 15 is 0 Å². The van der Waals surface area contributed by atoms with Gasteiger partial charge in [0.05, 0.1) is 0 Å². The van der Waals surface area contributed by atoms with Crippen molar-refractivity contribution in [3.63, 3.8) is 0 Å². The lowest BCUT2D eigenvalue weighted by molar-refractivity contribution is -0.123. The van der Waals surface area contributed by atoms with Crippen molar-refractivity contribution in [2.75, 3.05) is 6.54 Å². The smallest absolute Gasteiger partial charge is 0.408 e. The fraction of sp³-hybridized carbons (Fsp3) is 0.875. The number of unbranched alkanes of at least 4 members (excludes halogenated alkanes) is 1. The fourth-order valence-corrected chi connectivity index (χ4v) is 1.73. The number of amides is 2. The average molecular weight is 300 g/mol. The van der Waals surface area contributed by atoms with Gasteiger partial charge >= 0.3 is 6.09 Å². The second-order valence-corrected chi connectivity index (χ2v) is 6.81. The van der Waals surface area contributed by atoms with Crippen LogP contribution in [0.1, 0.15) is 67.2 Å². The molecule has 21 heavy (non-hydrogen) atoms. The molecule has 5 heteroatoms. The van der Waals surface area contributed by atoms with Crippen molar-refractivity contribution in [3.05, 3.63) is 0 Å². The summed E-state index contributed by atoms with van der Waals surface area (Å²) in [5, 5.41) is 5.56. The summed E-state index contributed by atoms with van der Waals surface area (Å²) in [6.07, 6.45) is 2.88. The van der Waals surface area contributed by atoms with E-state index in [0.29, 0.717) is 18.9 Å². The number of hydrogen-bond acceptors (Lipinski definition) is 3. The van der Waals surface area contributed by atoms with Crippen LogP contribution in [0.4, 0.5) is 4.79 Å². The first-order valence-electron chi connectivity index (χ1n) is 7.93. The maximum Gasteiger partial charge on any atom is 0.408 e. The van der Waals surface area contributed by atoms with E-state index in [2.05, 4.69) is 31.4 Å². The van der Waals surface area contributed by atoms with E-state index in [1.54, 1.807) is 20.8 Å². The summed E-state index contributed by atoms with van der Waals surface area (Å²) < 4.78 is 5.21. The summed E-state index contributed by atoms with van der Waals surface area (Å²) >= 11 is 0. The zero-order valence-electron chi connectivity index (χ0n) is 14.4. The number of hydrogen-bond donors (Lipinski definition) is 2. The number of ether oxygens (including phenoxy) is 1. The van der Waals surface area contributed by atoms with Gasteiger partial charge in [-0.25, -0.2) is 4.79 Å². The standard InChI is InChI=1S/C16H32N2O3/c1-7-8-9-13(14(19)17-11-10-12(2)3)18-15(20)21-16(4,5)6/h12-13H,7-11H2,1-6H3,(H,17,19)(H,18,20). The lowest BCUT2D eigenvalue weighted by Gasteiger charge is -2.23. The van der Waals surface area contributed by atoms with Crippen LogP contribution in [-0.4, -0.2) is 30.2 Å². The van der Waals surface area contributed by atoms with Crippen LogP contribution in [0, 0.1) is 5.92 Å². The molecule has 0 aromatic heterocycles. The van der Waals surface area contributed by atoms with Gasteiger partial charge < -0.3 is 15.4 Å². The van der Waals surface area contributed by atoms with Crippen molar-refractivity contribution >= 4 is 12.0 Å². The third kappa shape index (κ3) is 11.1. The molecule has 0 spiro atoms. The number of rotatable bonds is 8. The van der Waals surface area contributed by atoms with Crippen LogP contribution in [-0.2, 0) is 9.53 Å². The van der Waals surface area contributed by atoms with E-state index < -0.39 is 17.7 Å². The SMILES string of the molecule is CCCCC(NC(=O)OC(C)(C)C)C(=O)NCCC(C)C. The lowest BCUT2D eigenvalue weighted by Crippen LogP contribution is -2.48. The Hall–Kier alpha value is -1.26. The molecule has 1 unspecified atom stereocenters. The summed E-state index contributed by atoms with van der Waals surface area (Å²) in [6, 6.07) is -0.521. The molecule has 0 aromatic rings. The van der Waals surface area contributed by atoms with Crippen molar-refractivity contribution in [1.82, 2.24) is 10.6 Å². The van der Waals surface area contributed by atoms with Crippen molar-refractivity contribution in [1.29, 1.82) is 0 Å². The Labute approximate surface area is 129 Å². The van der Waals surface area contributed by atoms with Crippen LogP contribution in [0.15, 0.2) is 0 Å². The predicted octanol–water partition coefficient (Wildman–Crippen LogP) is 3.23. The predicted molar refractivity (Wildman–Crippen MR) is 85.1 cm³/mol. The van der Waals surface area contributed by atoms with Crippen molar-refractivity contribution in [2.45, 2.75) is 78.9 Å². The first-order valence-corrected chi connectivity index (χ1v) is 7.93. The molecule has 0 aliphatic heterocycles. The zero-order chi connectivity index (χ0) is 16.5. The molecule has 0 radical (unpaired) electrons. The molecule has 2 N–H and O–H groups in total. The van der Waals surface area contributed by atoms with Crippen LogP contribution < -0.4 is 10.6 Å². The molecule has 0 fully saturated rings. The van der Waals surface area contributed by atoms with Gasteiger partial charge in [-0.05, 0) is 39.5 Å². The third-order valence-corrected chi connectivity index (χ3v) is 2.87. The van der Waals surface area contributed by atoms with Crippen molar-refractivity contribution in [3.8, 4) is 0 Å². The molecule has 0 aliphatic carbocycles. The summed E-state index contributed by atoms with van der Waals surface area (Å²) in [5.74, 6) is 0.410. The monoisotopic (exact) mass is 300 g/mol. The summed E-state index contributed by atoms with van der Waals surface area (Å²) in [4.78, 5) is 24.0. The maximum absolute atomic E-state index is 12.2. The van der Waals surface area contributed by atoms with Gasteiger partial charge in [-0.2, -0.15) is 0 Å². The van der Waals surface area contributed by atoms with E-state index in [0.717, 1.165) is 19.3 Å². The number of carbonyl (C=O) groups is 2. The molecular formula is C16H32N2O3. The van der Waals surface area contributed by atoms with Crippen LogP contribution in [0.3, 0.4) is 0 Å². The Kier molecular flexibility index (Phi) is 9.06. The highest BCUT2D eigenvalue weighted by Crippen LogP contribution is 2.08. The quantitative estimate of drug-likeness (QED) is 0.723. The minimum absolute atomic E-state index is 0.130. The molecule has 0 bridgehead atoms. The largest absolute Gasteiger partial charge is 0.444 e. The van der Waals surface area contributed by atoms with Gasteiger partial charge in [0.1, 0.15) is 11.6 Å². The van der Waals surface area contributed by atoms with Crippen molar-refractivity contribution in [2.24, 2.45) is 5.92 Å². The summed E-state index contributed by atoms with van der Waals surface area (Å²) in [5.41, 5.74) is -0.562. The van der Waals surface area contributed by atoms with Crippen LogP contribution in [0.2, 0.25) is 0 Å². The maximum atomic E-state index is 12.2. The zero-order valence-corrected chi connectivity index (χ0v) is 14.4. The molecular weight excluding hydrogens is 268 g/mol. The Morgan fingerprint density at radius 3 is 2.24 bits per heavy atom. The van der Waals surface area contributed by atoms with Gasteiger partial charge in [-0.15, -0.1) is 0 Å². The molecule has 0 rings (SSSR count). The topological polar surface area (TPSA) is 67.4 Å². The van der Waals surface area contributed by atoms with Gasteiger partial charge in [0.25, 0.3) is 0 Å². The summed E-state index contributed by atoms with van der Waals surface area (Å²) in [7, 11) is 0. The lowest BCUT2D eigenvalue weighted by atomic mass is 10.1. The molecule has 0 aliphatic rings. The first-order chi connectivity index (χ1) is 9.65. The highest BCUT2D eigenvalue weighted by Gasteiger charge is 2.23. The van der Waals surface area contributed by atoms with Crippen LogP contribution >= 0.6 is 0 Å². The normalized spacial score (nSPS) is 12.9. The molecule has 124 valence electrons. The summed E-state index contributed by atoms with van der Waals surface area (Å²) in [6.45, 7) is 12.3. The highest BCUT2D eigenvalue weighted by atomic mass is 16.6. The highest BCUT2D eigenvalue weighted by molar-refractivity contribution is 5.85. The van der Waals surface area contributed by atoms with Gasteiger partial charge in [0.15, 0.2) is 0 Å². The van der Waals surface area contributed by atoms with Gasteiger partial charge in [0, 0.05) is 6.54 Å².